The topological polar surface area (TPSA) is 39.7 Å². The molecule has 1 saturated carbocycles. The van der Waals surface area contributed by atoms with Crippen LogP contribution in [0.3, 0.4) is 0 Å². The zero-order valence-corrected chi connectivity index (χ0v) is 11.7. The van der Waals surface area contributed by atoms with E-state index in [4.69, 9.17) is 14.2 Å². The molecule has 19 heavy (non-hydrogen) atoms. The molecule has 1 aliphatic carbocycles. The van der Waals surface area contributed by atoms with E-state index < -0.39 is 0 Å². The lowest BCUT2D eigenvalue weighted by molar-refractivity contribution is -0.0103. The van der Waals surface area contributed by atoms with E-state index in [1.54, 1.807) is 7.11 Å². The fraction of sp³-hybridized carbons (Fsp3) is 0.600. The Balaban J connectivity index is 1.54. The Hall–Kier alpha value is -1.26. The van der Waals surface area contributed by atoms with E-state index in [0.29, 0.717) is 18.8 Å². The van der Waals surface area contributed by atoms with Gasteiger partial charge in [-0.25, -0.2) is 0 Å². The summed E-state index contributed by atoms with van der Waals surface area (Å²) in [4.78, 5) is 0. The zero-order chi connectivity index (χ0) is 13.5. The zero-order valence-electron chi connectivity index (χ0n) is 11.7. The Labute approximate surface area is 115 Å². The molecule has 1 fully saturated rings. The molecule has 4 heteroatoms. The van der Waals surface area contributed by atoms with Crippen molar-refractivity contribution < 1.29 is 14.2 Å². The van der Waals surface area contributed by atoms with Crippen LogP contribution in [0.4, 0.5) is 0 Å². The first-order valence-electron chi connectivity index (χ1n) is 6.93. The highest BCUT2D eigenvalue weighted by atomic mass is 16.5. The molecule has 0 heterocycles. The molecule has 1 aliphatic rings. The number of ether oxygens (including phenoxy) is 3. The molecular formula is C15H23NO3. The molecule has 0 bridgehead atoms. The molecule has 0 atom stereocenters. The first-order chi connectivity index (χ1) is 9.31. The van der Waals surface area contributed by atoms with E-state index in [1.165, 1.54) is 0 Å². The monoisotopic (exact) mass is 265 g/mol. The molecule has 0 saturated heterocycles. The molecule has 2 rings (SSSR count). The van der Waals surface area contributed by atoms with E-state index in [9.17, 15) is 0 Å². The maximum absolute atomic E-state index is 5.65. The van der Waals surface area contributed by atoms with Crippen LogP contribution in [0.25, 0.3) is 0 Å². The smallest absolute Gasteiger partial charge is 0.119 e. The van der Waals surface area contributed by atoms with Crippen LogP contribution in [0.15, 0.2) is 24.3 Å². The lowest BCUT2D eigenvalue weighted by Gasteiger charge is -2.35. The number of rotatable bonds is 8. The summed E-state index contributed by atoms with van der Waals surface area (Å²) in [5.41, 5.74) is 0. The van der Waals surface area contributed by atoms with E-state index in [1.807, 2.05) is 31.2 Å². The number of nitrogens with one attached hydrogen (secondary N) is 1. The van der Waals surface area contributed by atoms with Crippen LogP contribution in [0.1, 0.15) is 19.8 Å². The first-order valence-corrected chi connectivity index (χ1v) is 6.93. The van der Waals surface area contributed by atoms with Crippen LogP contribution in [0.5, 0.6) is 11.5 Å². The van der Waals surface area contributed by atoms with Gasteiger partial charge in [0.05, 0.1) is 13.2 Å². The summed E-state index contributed by atoms with van der Waals surface area (Å²) < 4.78 is 16.3. The second-order valence-electron chi connectivity index (χ2n) is 4.72. The van der Waals surface area contributed by atoms with Gasteiger partial charge in [-0.2, -0.15) is 0 Å². The Bertz CT molecular complexity index is 360. The van der Waals surface area contributed by atoms with Gasteiger partial charge in [0.1, 0.15) is 18.1 Å². The third kappa shape index (κ3) is 4.40. The predicted octanol–water partition coefficient (Wildman–Crippen LogP) is 2.23. The van der Waals surface area contributed by atoms with Crippen LogP contribution in [0, 0.1) is 0 Å². The largest absolute Gasteiger partial charge is 0.497 e. The van der Waals surface area contributed by atoms with Crippen LogP contribution >= 0.6 is 0 Å². The Morgan fingerprint density at radius 2 is 1.84 bits per heavy atom. The van der Waals surface area contributed by atoms with Crippen molar-refractivity contribution in [1.29, 1.82) is 0 Å². The van der Waals surface area contributed by atoms with Crippen molar-refractivity contribution in [3.63, 3.8) is 0 Å². The van der Waals surface area contributed by atoms with Crippen molar-refractivity contribution in [2.24, 2.45) is 0 Å². The first kappa shape index (κ1) is 14.2. The summed E-state index contributed by atoms with van der Waals surface area (Å²) >= 11 is 0. The van der Waals surface area contributed by atoms with Gasteiger partial charge in [-0.05, 0) is 44.0 Å². The SMILES string of the molecule is CCOC1CC(NCCOc2ccc(OC)cc2)C1. The van der Waals surface area contributed by atoms with E-state index >= 15 is 0 Å². The summed E-state index contributed by atoms with van der Waals surface area (Å²) in [7, 11) is 1.66. The minimum Gasteiger partial charge on any atom is -0.497 e. The molecule has 1 aromatic rings. The molecule has 0 unspecified atom stereocenters. The lowest BCUT2D eigenvalue weighted by atomic mass is 9.89. The summed E-state index contributed by atoms with van der Waals surface area (Å²) in [5.74, 6) is 1.73. The van der Waals surface area contributed by atoms with E-state index in [-0.39, 0.29) is 0 Å². The maximum Gasteiger partial charge on any atom is 0.119 e. The van der Waals surface area contributed by atoms with Gasteiger partial charge in [0.15, 0.2) is 0 Å². The summed E-state index contributed by atoms with van der Waals surface area (Å²) in [6.45, 7) is 4.42. The van der Waals surface area contributed by atoms with E-state index in [2.05, 4.69) is 5.32 Å². The number of methoxy groups -OCH3 is 1. The second-order valence-corrected chi connectivity index (χ2v) is 4.72. The third-order valence-corrected chi connectivity index (χ3v) is 3.36. The standard InChI is InChI=1S/C15H23NO3/c1-3-18-15-10-12(11-15)16-8-9-19-14-6-4-13(17-2)5-7-14/h4-7,12,15-16H,3,8-11H2,1-2H3. The molecule has 0 radical (unpaired) electrons. The quantitative estimate of drug-likeness (QED) is 0.732. The van der Waals surface area contributed by atoms with Gasteiger partial charge in [0, 0.05) is 19.2 Å². The Morgan fingerprint density at radius 3 is 2.47 bits per heavy atom. The van der Waals surface area contributed by atoms with Crippen LogP contribution < -0.4 is 14.8 Å². The van der Waals surface area contributed by atoms with Gasteiger partial charge < -0.3 is 19.5 Å². The predicted molar refractivity (Wildman–Crippen MR) is 74.9 cm³/mol. The highest BCUT2D eigenvalue weighted by Crippen LogP contribution is 2.23. The van der Waals surface area contributed by atoms with Crippen LogP contribution in [-0.4, -0.2) is 39.0 Å². The van der Waals surface area contributed by atoms with Gasteiger partial charge in [0.25, 0.3) is 0 Å². The average molecular weight is 265 g/mol. The molecule has 106 valence electrons. The fourth-order valence-electron chi connectivity index (χ4n) is 2.21. The van der Waals surface area contributed by atoms with Crippen molar-refractivity contribution in [1.82, 2.24) is 5.32 Å². The second kappa shape index (κ2) is 7.36. The fourth-order valence-corrected chi connectivity index (χ4v) is 2.21. The maximum atomic E-state index is 5.65. The average Bonchev–Trinajstić information content (AvgIpc) is 2.41. The van der Waals surface area contributed by atoms with Crippen molar-refractivity contribution >= 4 is 0 Å². The molecule has 0 amide bonds. The summed E-state index contributed by atoms with van der Waals surface area (Å²) in [5, 5.41) is 3.47. The van der Waals surface area contributed by atoms with E-state index in [0.717, 1.165) is 37.5 Å². The molecule has 0 aromatic heterocycles. The summed E-state index contributed by atoms with van der Waals surface area (Å²) in [6.07, 6.45) is 2.71. The van der Waals surface area contributed by atoms with Gasteiger partial charge in [-0.15, -0.1) is 0 Å². The lowest BCUT2D eigenvalue weighted by Crippen LogP contribution is -2.46. The van der Waals surface area contributed by atoms with Crippen molar-refractivity contribution in [3.05, 3.63) is 24.3 Å². The normalized spacial score (nSPS) is 21.8. The molecule has 0 spiro atoms. The van der Waals surface area contributed by atoms with Gasteiger partial charge in [-0.1, -0.05) is 0 Å². The highest BCUT2D eigenvalue weighted by Gasteiger charge is 2.28. The summed E-state index contributed by atoms with van der Waals surface area (Å²) in [6, 6.07) is 8.25. The minimum atomic E-state index is 0.463. The van der Waals surface area contributed by atoms with Crippen LogP contribution in [0.2, 0.25) is 0 Å². The van der Waals surface area contributed by atoms with Gasteiger partial charge in [0.2, 0.25) is 0 Å². The molecule has 0 aliphatic heterocycles. The van der Waals surface area contributed by atoms with Crippen molar-refractivity contribution in [2.75, 3.05) is 26.9 Å². The molecular weight excluding hydrogens is 242 g/mol. The Kier molecular flexibility index (Phi) is 5.48. The minimum absolute atomic E-state index is 0.463. The van der Waals surface area contributed by atoms with Gasteiger partial charge in [-0.3, -0.25) is 0 Å². The number of benzene rings is 1. The van der Waals surface area contributed by atoms with Gasteiger partial charge >= 0.3 is 0 Å². The van der Waals surface area contributed by atoms with Crippen molar-refractivity contribution in [2.45, 2.75) is 31.9 Å². The van der Waals surface area contributed by atoms with Crippen molar-refractivity contribution in [3.8, 4) is 11.5 Å². The van der Waals surface area contributed by atoms with Crippen LogP contribution in [-0.2, 0) is 4.74 Å². The highest BCUT2D eigenvalue weighted by molar-refractivity contribution is 5.31. The third-order valence-electron chi connectivity index (χ3n) is 3.36. The Morgan fingerprint density at radius 1 is 1.16 bits per heavy atom. The molecule has 1 N–H and O–H groups in total. The molecule has 1 aromatic carbocycles. The molecule has 4 nitrogen and oxygen atoms in total. The number of hydrogen-bond donors (Lipinski definition) is 1. The number of hydrogen-bond acceptors (Lipinski definition) is 4.